The monoisotopic (exact) mass is 255 g/mol. The van der Waals surface area contributed by atoms with Crippen LogP contribution in [0.4, 0.5) is 4.39 Å². The molecule has 2 aromatic rings. The molecule has 0 saturated carbocycles. The van der Waals surface area contributed by atoms with Crippen LogP contribution in [0.3, 0.4) is 0 Å². The van der Waals surface area contributed by atoms with Crippen LogP contribution >= 0.6 is 0 Å². The highest BCUT2D eigenvalue weighted by Gasteiger charge is 2.05. The van der Waals surface area contributed by atoms with Gasteiger partial charge < -0.3 is 5.11 Å². The van der Waals surface area contributed by atoms with Gasteiger partial charge in [0.05, 0.1) is 5.69 Å². The van der Waals surface area contributed by atoms with Gasteiger partial charge in [0.1, 0.15) is 11.9 Å². The van der Waals surface area contributed by atoms with Gasteiger partial charge >= 0.3 is 0 Å². The van der Waals surface area contributed by atoms with E-state index in [1.54, 1.807) is 25.3 Å². The van der Waals surface area contributed by atoms with Gasteiger partial charge in [0, 0.05) is 18.2 Å². The highest BCUT2D eigenvalue weighted by Crippen LogP contribution is 2.20. The Balaban J connectivity index is 2.22. The summed E-state index contributed by atoms with van der Waals surface area (Å²) in [6.07, 6.45) is 6.32. The molecule has 0 spiro atoms. The average Bonchev–Trinajstić information content (AvgIpc) is 2.42. The van der Waals surface area contributed by atoms with E-state index in [9.17, 15) is 9.50 Å². The molecule has 1 aromatic heterocycles. The third kappa shape index (κ3) is 3.18. The fraction of sp³-hybridized carbons (Fsp3) is 0.188. The minimum absolute atomic E-state index is 0.244. The van der Waals surface area contributed by atoms with Gasteiger partial charge in [0.15, 0.2) is 0 Å². The number of hydrogen-bond acceptors (Lipinski definition) is 2. The number of pyridine rings is 1. The molecular formula is C16H14FNO. The summed E-state index contributed by atoms with van der Waals surface area (Å²) in [4.78, 5) is 4.26. The predicted octanol–water partition coefficient (Wildman–Crippen LogP) is 2.73. The summed E-state index contributed by atoms with van der Waals surface area (Å²) in [5.74, 6) is 2.01. The van der Waals surface area contributed by atoms with Crippen molar-refractivity contribution in [3.63, 3.8) is 0 Å². The first-order valence-electron chi connectivity index (χ1n) is 5.96. The lowest BCUT2D eigenvalue weighted by Crippen LogP contribution is -2.06. The highest BCUT2D eigenvalue weighted by atomic mass is 19.1. The molecule has 2 rings (SSSR count). The highest BCUT2D eigenvalue weighted by molar-refractivity contribution is 5.59. The summed E-state index contributed by atoms with van der Waals surface area (Å²) < 4.78 is 13.5. The number of terminal acetylenes is 1. The molecule has 19 heavy (non-hydrogen) atoms. The molecule has 3 heteroatoms. The summed E-state index contributed by atoms with van der Waals surface area (Å²) >= 11 is 0. The summed E-state index contributed by atoms with van der Waals surface area (Å²) in [5.41, 5.74) is 2.88. The number of rotatable bonds is 3. The number of aryl methyl sites for hydroxylation is 1. The number of hydrogen-bond donors (Lipinski definition) is 1. The number of aliphatic hydroxyl groups excluding tert-OH is 1. The van der Waals surface area contributed by atoms with Gasteiger partial charge in [-0.2, -0.15) is 0 Å². The lowest BCUT2D eigenvalue weighted by Gasteiger charge is -2.06. The molecule has 0 aliphatic carbocycles. The van der Waals surface area contributed by atoms with Gasteiger partial charge in [-0.25, -0.2) is 4.39 Å². The molecule has 0 radical (unpaired) electrons. The number of aliphatic hydroxyl groups is 1. The first kappa shape index (κ1) is 13.3. The molecule has 1 atom stereocenters. The van der Waals surface area contributed by atoms with Gasteiger partial charge in [-0.15, -0.1) is 6.42 Å². The molecule has 0 aliphatic rings. The van der Waals surface area contributed by atoms with Crippen molar-refractivity contribution in [1.29, 1.82) is 0 Å². The van der Waals surface area contributed by atoms with Crippen LogP contribution in [0.1, 0.15) is 11.1 Å². The first-order chi connectivity index (χ1) is 9.10. The van der Waals surface area contributed by atoms with E-state index in [0.29, 0.717) is 17.7 Å². The zero-order chi connectivity index (χ0) is 13.8. The van der Waals surface area contributed by atoms with Crippen molar-refractivity contribution in [3.8, 4) is 23.6 Å². The van der Waals surface area contributed by atoms with Gasteiger partial charge in [-0.1, -0.05) is 24.1 Å². The van der Waals surface area contributed by atoms with Crippen LogP contribution in [0, 0.1) is 25.1 Å². The molecule has 1 heterocycles. The number of halogens is 1. The van der Waals surface area contributed by atoms with E-state index >= 15 is 0 Å². The molecule has 1 aromatic carbocycles. The standard InChI is InChI=1S/C16H14FNO/c1-3-14(19)8-12-5-7-16(18-10-12)13-6-4-11(2)15(17)9-13/h1,4-7,9-10,14,19H,8H2,2H3. The van der Waals surface area contributed by atoms with E-state index in [2.05, 4.69) is 10.9 Å². The quantitative estimate of drug-likeness (QED) is 0.855. The zero-order valence-electron chi connectivity index (χ0n) is 10.6. The molecule has 96 valence electrons. The third-order valence-electron chi connectivity index (χ3n) is 2.91. The summed E-state index contributed by atoms with van der Waals surface area (Å²) in [6.45, 7) is 1.72. The second kappa shape index (κ2) is 5.64. The third-order valence-corrected chi connectivity index (χ3v) is 2.91. The van der Waals surface area contributed by atoms with Crippen LogP contribution in [0.15, 0.2) is 36.5 Å². The fourth-order valence-electron chi connectivity index (χ4n) is 1.75. The largest absolute Gasteiger partial charge is 0.380 e. The maximum absolute atomic E-state index is 13.5. The lowest BCUT2D eigenvalue weighted by molar-refractivity contribution is 0.233. The number of aromatic nitrogens is 1. The topological polar surface area (TPSA) is 33.1 Å². The maximum Gasteiger partial charge on any atom is 0.126 e. The molecule has 0 fully saturated rings. The van der Waals surface area contributed by atoms with Crippen LogP contribution in [0.25, 0.3) is 11.3 Å². The zero-order valence-corrected chi connectivity index (χ0v) is 10.6. The lowest BCUT2D eigenvalue weighted by atomic mass is 10.1. The minimum Gasteiger partial charge on any atom is -0.380 e. The van der Waals surface area contributed by atoms with Crippen LogP contribution in [-0.4, -0.2) is 16.2 Å². The van der Waals surface area contributed by atoms with E-state index in [1.165, 1.54) is 6.07 Å². The van der Waals surface area contributed by atoms with Crippen molar-refractivity contribution in [2.45, 2.75) is 19.4 Å². The Morgan fingerprint density at radius 3 is 2.74 bits per heavy atom. The van der Waals surface area contributed by atoms with Crippen molar-refractivity contribution in [2.75, 3.05) is 0 Å². The van der Waals surface area contributed by atoms with Crippen molar-refractivity contribution in [1.82, 2.24) is 4.98 Å². The number of benzene rings is 1. The van der Waals surface area contributed by atoms with Crippen LogP contribution in [0.2, 0.25) is 0 Å². The Morgan fingerprint density at radius 1 is 1.37 bits per heavy atom. The van der Waals surface area contributed by atoms with Crippen molar-refractivity contribution in [2.24, 2.45) is 0 Å². The van der Waals surface area contributed by atoms with Crippen molar-refractivity contribution >= 4 is 0 Å². The second-order valence-corrected chi connectivity index (χ2v) is 4.40. The molecule has 0 amide bonds. The summed E-state index contributed by atoms with van der Waals surface area (Å²) in [5, 5.41) is 9.35. The molecular weight excluding hydrogens is 241 g/mol. The van der Waals surface area contributed by atoms with Crippen molar-refractivity contribution in [3.05, 3.63) is 53.5 Å². The average molecular weight is 255 g/mol. The van der Waals surface area contributed by atoms with E-state index in [1.807, 2.05) is 12.1 Å². The number of nitrogens with zero attached hydrogens (tertiary/aromatic N) is 1. The normalized spacial score (nSPS) is 11.9. The van der Waals surface area contributed by atoms with Gasteiger partial charge in [0.25, 0.3) is 0 Å². The molecule has 1 N–H and O–H groups in total. The summed E-state index contributed by atoms with van der Waals surface area (Å²) in [7, 11) is 0. The first-order valence-corrected chi connectivity index (χ1v) is 5.96. The van der Waals surface area contributed by atoms with E-state index in [0.717, 1.165) is 11.1 Å². The Hall–Kier alpha value is -2.18. The Labute approximate surface area is 111 Å². The maximum atomic E-state index is 13.5. The Morgan fingerprint density at radius 2 is 2.16 bits per heavy atom. The molecule has 0 saturated heterocycles. The molecule has 0 aliphatic heterocycles. The van der Waals surface area contributed by atoms with Crippen LogP contribution < -0.4 is 0 Å². The smallest absolute Gasteiger partial charge is 0.126 e. The molecule has 2 nitrogen and oxygen atoms in total. The minimum atomic E-state index is -0.801. The molecule has 1 unspecified atom stereocenters. The van der Waals surface area contributed by atoms with Crippen LogP contribution in [0.5, 0.6) is 0 Å². The Kier molecular flexibility index (Phi) is 3.94. The van der Waals surface area contributed by atoms with Gasteiger partial charge in [-0.05, 0) is 30.2 Å². The molecule has 0 bridgehead atoms. The second-order valence-electron chi connectivity index (χ2n) is 4.40. The predicted molar refractivity (Wildman–Crippen MR) is 72.9 cm³/mol. The van der Waals surface area contributed by atoms with E-state index in [-0.39, 0.29) is 5.82 Å². The fourth-order valence-corrected chi connectivity index (χ4v) is 1.75. The Bertz CT molecular complexity index is 614. The van der Waals surface area contributed by atoms with Gasteiger partial charge in [-0.3, -0.25) is 4.98 Å². The SMILES string of the molecule is C#CC(O)Cc1ccc(-c2ccc(C)c(F)c2)nc1. The van der Waals surface area contributed by atoms with Gasteiger partial charge in [0.2, 0.25) is 0 Å². The summed E-state index contributed by atoms with van der Waals surface area (Å²) in [6, 6.07) is 8.65. The van der Waals surface area contributed by atoms with Crippen molar-refractivity contribution < 1.29 is 9.50 Å². The van der Waals surface area contributed by atoms with E-state index in [4.69, 9.17) is 6.42 Å². The van der Waals surface area contributed by atoms with Crippen LogP contribution in [-0.2, 0) is 6.42 Å². The van der Waals surface area contributed by atoms with E-state index < -0.39 is 6.10 Å².